The first kappa shape index (κ1) is 22.1. The minimum atomic E-state index is 0.162. The highest BCUT2D eigenvalue weighted by Gasteiger charge is 2.11. The highest BCUT2D eigenvalue weighted by atomic mass is 15.2. The molecule has 3 heterocycles. The molecule has 6 heteroatoms. The number of allylic oxidation sites excluding steroid dienone is 2. The van der Waals surface area contributed by atoms with Crippen LogP contribution in [0, 0.1) is 0 Å². The average Bonchev–Trinajstić information content (AvgIpc) is 3.09. The third-order valence-electron chi connectivity index (χ3n) is 5.85. The summed E-state index contributed by atoms with van der Waals surface area (Å²) in [6, 6.07) is 12.8. The summed E-state index contributed by atoms with van der Waals surface area (Å²) in [7, 11) is 0. The predicted octanol–water partition coefficient (Wildman–Crippen LogP) is 4.77. The second-order valence-electron chi connectivity index (χ2n) is 8.26. The van der Waals surface area contributed by atoms with E-state index in [0.29, 0.717) is 0 Å². The molecular weight excluding hydrogens is 396 g/mol. The third kappa shape index (κ3) is 6.20. The van der Waals surface area contributed by atoms with Crippen molar-refractivity contribution in [1.29, 1.82) is 0 Å². The number of hydrogen-bond donors (Lipinski definition) is 3. The van der Waals surface area contributed by atoms with E-state index in [1.54, 1.807) is 0 Å². The minimum Gasteiger partial charge on any atom is -0.370 e. The maximum Gasteiger partial charge on any atom is 0.129 e. The smallest absolute Gasteiger partial charge is 0.129 e. The van der Waals surface area contributed by atoms with Crippen LogP contribution in [0.3, 0.4) is 0 Å². The van der Waals surface area contributed by atoms with E-state index in [2.05, 4.69) is 86.3 Å². The van der Waals surface area contributed by atoms with Crippen LogP contribution >= 0.6 is 0 Å². The first-order chi connectivity index (χ1) is 15.8. The molecule has 2 aliphatic rings. The molecule has 1 unspecified atom stereocenters. The maximum absolute atomic E-state index is 4.58. The van der Waals surface area contributed by atoms with Gasteiger partial charge in [0, 0.05) is 62.4 Å². The molecule has 4 rings (SSSR count). The molecule has 0 spiro atoms. The van der Waals surface area contributed by atoms with Gasteiger partial charge in [-0.3, -0.25) is 0 Å². The number of nitrogens with one attached hydrogen (secondary N) is 3. The van der Waals surface area contributed by atoms with Crippen LogP contribution in [-0.4, -0.2) is 43.5 Å². The molecule has 0 saturated carbocycles. The summed E-state index contributed by atoms with van der Waals surface area (Å²) >= 11 is 0. The zero-order valence-corrected chi connectivity index (χ0v) is 18.9. The van der Waals surface area contributed by atoms with Crippen LogP contribution in [-0.2, 0) is 0 Å². The van der Waals surface area contributed by atoms with Crippen molar-refractivity contribution in [2.75, 3.05) is 48.3 Å². The number of pyridine rings is 1. The van der Waals surface area contributed by atoms with Gasteiger partial charge in [0.2, 0.25) is 0 Å². The van der Waals surface area contributed by atoms with Crippen LogP contribution in [0.1, 0.15) is 37.7 Å². The first-order valence-corrected chi connectivity index (χ1v) is 11.8. The number of aliphatic imine (C=N–C) groups is 1. The number of hydrogen-bond acceptors (Lipinski definition) is 6. The monoisotopic (exact) mass is 430 g/mol. The zero-order valence-electron chi connectivity index (χ0n) is 18.9. The van der Waals surface area contributed by atoms with E-state index >= 15 is 0 Å². The summed E-state index contributed by atoms with van der Waals surface area (Å²) in [5, 5.41) is 10.2. The fourth-order valence-corrected chi connectivity index (χ4v) is 3.94. The first-order valence-electron chi connectivity index (χ1n) is 11.8. The van der Waals surface area contributed by atoms with Crippen molar-refractivity contribution in [3.05, 3.63) is 72.6 Å². The van der Waals surface area contributed by atoms with Gasteiger partial charge in [0.15, 0.2) is 0 Å². The van der Waals surface area contributed by atoms with Crippen LogP contribution in [0.5, 0.6) is 0 Å². The predicted molar refractivity (Wildman–Crippen MR) is 136 cm³/mol. The van der Waals surface area contributed by atoms with Gasteiger partial charge in [-0.05, 0) is 48.4 Å². The van der Waals surface area contributed by atoms with Crippen LogP contribution in [0.4, 0.5) is 17.2 Å². The van der Waals surface area contributed by atoms with E-state index < -0.39 is 0 Å². The number of anilines is 3. The Hall–Kier alpha value is -3.12. The van der Waals surface area contributed by atoms with Crippen molar-refractivity contribution >= 4 is 23.0 Å². The van der Waals surface area contributed by atoms with Crippen LogP contribution in [0.25, 0.3) is 0 Å². The summed E-state index contributed by atoms with van der Waals surface area (Å²) in [5.41, 5.74) is 3.47. The second kappa shape index (κ2) is 11.5. The summed E-state index contributed by atoms with van der Waals surface area (Å²) in [6.07, 6.45) is 13.8. The number of piperazine rings is 1. The van der Waals surface area contributed by atoms with E-state index in [1.807, 2.05) is 18.5 Å². The Bertz CT molecular complexity index is 924. The quantitative estimate of drug-likeness (QED) is 0.527. The van der Waals surface area contributed by atoms with Crippen LogP contribution in [0.15, 0.2) is 72.0 Å². The molecule has 168 valence electrons. The number of unbranched alkanes of at least 4 members (excludes halogenated alkanes) is 2. The van der Waals surface area contributed by atoms with Crippen molar-refractivity contribution < 1.29 is 0 Å². The zero-order chi connectivity index (χ0) is 22.0. The molecule has 0 bridgehead atoms. The topological polar surface area (TPSA) is 64.6 Å². The van der Waals surface area contributed by atoms with Gasteiger partial charge in [-0.25, -0.2) is 9.98 Å². The number of amidine groups is 1. The van der Waals surface area contributed by atoms with Crippen molar-refractivity contribution in [2.24, 2.45) is 4.99 Å². The van der Waals surface area contributed by atoms with Crippen molar-refractivity contribution in [2.45, 2.75) is 32.1 Å². The van der Waals surface area contributed by atoms with Crippen LogP contribution < -0.4 is 20.9 Å². The van der Waals surface area contributed by atoms with Crippen molar-refractivity contribution in [1.82, 2.24) is 10.3 Å². The van der Waals surface area contributed by atoms with E-state index in [0.717, 1.165) is 55.6 Å². The maximum atomic E-state index is 4.58. The molecule has 1 aromatic heterocycles. The molecule has 1 atom stereocenters. The number of nitrogens with zero attached hydrogens (tertiary/aromatic N) is 3. The van der Waals surface area contributed by atoms with Gasteiger partial charge >= 0.3 is 0 Å². The average molecular weight is 431 g/mol. The van der Waals surface area contributed by atoms with Gasteiger partial charge < -0.3 is 20.9 Å². The molecule has 0 aliphatic carbocycles. The molecule has 3 N–H and O–H groups in total. The summed E-state index contributed by atoms with van der Waals surface area (Å²) in [6.45, 7) is 7.39. The fourth-order valence-electron chi connectivity index (χ4n) is 3.94. The lowest BCUT2D eigenvalue weighted by Gasteiger charge is -2.29. The van der Waals surface area contributed by atoms with E-state index in [-0.39, 0.29) is 5.92 Å². The van der Waals surface area contributed by atoms with Gasteiger partial charge in [-0.15, -0.1) is 0 Å². The van der Waals surface area contributed by atoms with E-state index in [1.165, 1.54) is 24.9 Å². The largest absolute Gasteiger partial charge is 0.370 e. The lowest BCUT2D eigenvalue weighted by molar-refractivity contribution is 0.589. The number of rotatable bonds is 8. The Balaban J connectivity index is 1.31. The van der Waals surface area contributed by atoms with Crippen LogP contribution in [0.2, 0.25) is 0 Å². The van der Waals surface area contributed by atoms with E-state index in [4.69, 9.17) is 0 Å². The number of benzene rings is 1. The fraction of sp³-hybridized carbons (Fsp3) is 0.385. The molecule has 1 saturated heterocycles. The summed E-state index contributed by atoms with van der Waals surface area (Å²) < 4.78 is 0. The highest BCUT2D eigenvalue weighted by Crippen LogP contribution is 2.22. The molecule has 32 heavy (non-hydrogen) atoms. The van der Waals surface area contributed by atoms with E-state index in [9.17, 15) is 0 Å². The van der Waals surface area contributed by atoms with Gasteiger partial charge in [-0.2, -0.15) is 0 Å². The van der Waals surface area contributed by atoms with Crippen molar-refractivity contribution in [3.63, 3.8) is 0 Å². The Morgan fingerprint density at radius 2 is 1.88 bits per heavy atom. The van der Waals surface area contributed by atoms with Gasteiger partial charge in [0.25, 0.3) is 0 Å². The van der Waals surface area contributed by atoms with Gasteiger partial charge in [0.1, 0.15) is 11.7 Å². The van der Waals surface area contributed by atoms with Gasteiger partial charge in [-0.1, -0.05) is 38.0 Å². The lowest BCUT2D eigenvalue weighted by Crippen LogP contribution is -2.43. The molecular formula is C26H34N6. The lowest BCUT2D eigenvalue weighted by atomic mass is 10.0. The normalized spacial score (nSPS) is 18.2. The molecule has 1 aromatic carbocycles. The molecule has 2 aromatic rings. The SMILES string of the molecule is CCCCCNc1ccc(C2C=CN=C(Nc3ccc(N4CCNCC4)cc3)C=C2)cn1. The second-order valence-corrected chi connectivity index (χ2v) is 8.26. The molecule has 2 aliphatic heterocycles. The van der Waals surface area contributed by atoms with Crippen molar-refractivity contribution in [3.8, 4) is 0 Å². The highest BCUT2D eigenvalue weighted by molar-refractivity contribution is 6.04. The molecule has 0 amide bonds. The standard InChI is InChI=1S/C26H34N6/c1-2-3-4-14-28-25-11-6-22(20-30-25)21-5-12-26(29-15-13-21)31-23-7-9-24(10-8-23)32-18-16-27-17-19-32/h5-13,15,20-21,27H,2-4,14,16-19H2,1H3,(H,28,30)(H,29,31). The minimum absolute atomic E-state index is 0.162. The molecule has 1 fully saturated rings. The Morgan fingerprint density at radius 1 is 1.03 bits per heavy atom. The Labute approximate surface area is 191 Å². The summed E-state index contributed by atoms with van der Waals surface area (Å²) in [5.74, 6) is 1.94. The number of aromatic nitrogens is 1. The summed E-state index contributed by atoms with van der Waals surface area (Å²) in [4.78, 5) is 11.6. The van der Waals surface area contributed by atoms with Gasteiger partial charge in [0.05, 0.1) is 0 Å². The Kier molecular flexibility index (Phi) is 7.93. The Morgan fingerprint density at radius 3 is 2.62 bits per heavy atom. The molecule has 6 nitrogen and oxygen atoms in total. The third-order valence-corrected chi connectivity index (χ3v) is 5.85. The molecule has 0 radical (unpaired) electrons.